The second-order valence-electron chi connectivity index (χ2n) is 8.70. The van der Waals surface area contributed by atoms with Crippen LogP contribution in [-0.4, -0.2) is 44.2 Å². The van der Waals surface area contributed by atoms with Crippen molar-refractivity contribution in [3.63, 3.8) is 0 Å². The summed E-state index contributed by atoms with van der Waals surface area (Å²) in [5.41, 5.74) is 5.96. The molecule has 0 bridgehead atoms. The van der Waals surface area contributed by atoms with Gasteiger partial charge in [0.05, 0.1) is 34.1 Å². The first kappa shape index (κ1) is 20.4. The van der Waals surface area contributed by atoms with Crippen LogP contribution >= 0.6 is 0 Å². The lowest BCUT2D eigenvalue weighted by Gasteiger charge is -2.32. The van der Waals surface area contributed by atoms with Gasteiger partial charge in [0, 0.05) is 44.3 Å². The van der Waals surface area contributed by atoms with E-state index in [1.807, 2.05) is 56.6 Å². The van der Waals surface area contributed by atoms with Crippen molar-refractivity contribution in [2.75, 3.05) is 30.4 Å². The van der Waals surface area contributed by atoms with E-state index in [9.17, 15) is 4.79 Å². The van der Waals surface area contributed by atoms with Crippen LogP contribution in [0.3, 0.4) is 0 Å². The van der Waals surface area contributed by atoms with E-state index in [1.165, 1.54) is 6.42 Å². The summed E-state index contributed by atoms with van der Waals surface area (Å²) in [6.07, 6.45) is 4.82. The Morgan fingerprint density at radius 2 is 1.79 bits per heavy atom. The molecule has 0 amide bonds. The highest BCUT2D eigenvalue weighted by Crippen LogP contribution is 2.31. The summed E-state index contributed by atoms with van der Waals surface area (Å²) in [6.45, 7) is 4.03. The van der Waals surface area contributed by atoms with Crippen molar-refractivity contribution < 1.29 is 0 Å². The van der Waals surface area contributed by atoms with Crippen LogP contribution < -0.4 is 15.9 Å². The maximum Gasteiger partial charge on any atom is 0.333 e. The van der Waals surface area contributed by atoms with Crippen LogP contribution in [0.15, 0.2) is 59.7 Å². The number of hydrogen-bond acceptors (Lipinski definition) is 6. The molecule has 6 rings (SSSR count). The van der Waals surface area contributed by atoms with Crippen molar-refractivity contribution in [2.45, 2.75) is 13.3 Å². The number of hydrogen-bond donors (Lipinski definition) is 1. The molecule has 0 spiro atoms. The van der Waals surface area contributed by atoms with Crippen molar-refractivity contribution in [1.29, 1.82) is 0 Å². The number of pyridine rings is 3. The fourth-order valence-electron chi connectivity index (χ4n) is 4.61. The predicted octanol–water partition coefficient (Wildman–Crippen LogP) is 3.89. The number of imidazole rings is 1. The first-order valence-corrected chi connectivity index (χ1v) is 11.4. The molecule has 1 fully saturated rings. The largest absolute Gasteiger partial charge is 0.373 e. The highest BCUT2D eigenvalue weighted by molar-refractivity contribution is 6.04. The van der Waals surface area contributed by atoms with Crippen LogP contribution in [0.5, 0.6) is 0 Å². The minimum absolute atomic E-state index is 0.114. The molecule has 1 saturated heterocycles. The molecule has 34 heavy (non-hydrogen) atoms. The van der Waals surface area contributed by atoms with Crippen LogP contribution in [-0.2, 0) is 7.05 Å². The zero-order valence-corrected chi connectivity index (χ0v) is 19.4. The zero-order valence-electron chi connectivity index (χ0n) is 19.4. The van der Waals surface area contributed by atoms with E-state index in [2.05, 4.69) is 26.3 Å². The molecule has 1 aliphatic rings. The van der Waals surface area contributed by atoms with E-state index in [4.69, 9.17) is 4.98 Å². The SMILES string of the molecule is CNc1ccc(-c2ccc3ncc4c(c3c2)n(-c2ccc(N3CCC3)nc2C)c(=O)n4C)cn1. The smallest absolute Gasteiger partial charge is 0.333 e. The van der Waals surface area contributed by atoms with Crippen LogP contribution in [0.2, 0.25) is 0 Å². The lowest BCUT2D eigenvalue weighted by atomic mass is 10.0. The molecular weight excluding hydrogens is 426 g/mol. The molecule has 4 aromatic heterocycles. The third kappa shape index (κ3) is 3.06. The number of aryl methyl sites for hydroxylation is 2. The second kappa shape index (κ2) is 7.69. The fourth-order valence-corrected chi connectivity index (χ4v) is 4.61. The highest BCUT2D eigenvalue weighted by Gasteiger charge is 2.20. The van der Waals surface area contributed by atoms with Crippen LogP contribution in [0.25, 0.3) is 38.8 Å². The van der Waals surface area contributed by atoms with Gasteiger partial charge in [0.2, 0.25) is 0 Å². The Morgan fingerprint density at radius 3 is 2.47 bits per heavy atom. The number of fused-ring (bicyclic) bond motifs is 3. The first-order valence-electron chi connectivity index (χ1n) is 11.4. The lowest BCUT2D eigenvalue weighted by molar-refractivity contribution is 0.609. The van der Waals surface area contributed by atoms with Gasteiger partial charge in [-0.2, -0.15) is 0 Å². The number of nitrogens with one attached hydrogen (secondary N) is 1. The quantitative estimate of drug-likeness (QED) is 0.446. The minimum atomic E-state index is -0.114. The lowest BCUT2D eigenvalue weighted by Crippen LogP contribution is -2.37. The molecule has 0 saturated carbocycles. The van der Waals surface area contributed by atoms with E-state index in [0.29, 0.717) is 0 Å². The van der Waals surface area contributed by atoms with Gasteiger partial charge in [0.15, 0.2) is 0 Å². The zero-order chi connectivity index (χ0) is 23.4. The molecule has 1 N–H and O–H groups in total. The second-order valence-corrected chi connectivity index (χ2v) is 8.70. The van der Waals surface area contributed by atoms with Gasteiger partial charge >= 0.3 is 5.69 Å². The molecule has 0 aliphatic carbocycles. The molecule has 5 heterocycles. The average molecular weight is 452 g/mol. The Kier molecular flexibility index (Phi) is 4.62. The van der Waals surface area contributed by atoms with Crippen molar-refractivity contribution in [2.24, 2.45) is 7.05 Å². The molecule has 5 aromatic rings. The van der Waals surface area contributed by atoms with Crippen LogP contribution in [0, 0.1) is 6.92 Å². The maximum absolute atomic E-state index is 13.4. The van der Waals surface area contributed by atoms with Crippen molar-refractivity contribution in [3.05, 3.63) is 71.0 Å². The number of aromatic nitrogens is 5. The van der Waals surface area contributed by atoms with E-state index >= 15 is 0 Å². The molecule has 8 nitrogen and oxygen atoms in total. The van der Waals surface area contributed by atoms with E-state index < -0.39 is 0 Å². The van der Waals surface area contributed by atoms with Gasteiger partial charge in [0.1, 0.15) is 11.6 Å². The summed E-state index contributed by atoms with van der Waals surface area (Å²) in [4.78, 5) is 29.6. The number of anilines is 2. The Labute approximate surface area is 196 Å². The highest BCUT2D eigenvalue weighted by atomic mass is 16.1. The van der Waals surface area contributed by atoms with Crippen LogP contribution in [0.1, 0.15) is 12.1 Å². The Balaban J connectivity index is 1.59. The summed E-state index contributed by atoms with van der Waals surface area (Å²) in [7, 11) is 3.64. The van der Waals surface area contributed by atoms with Gasteiger partial charge in [-0.15, -0.1) is 0 Å². The minimum Gasteiger partial charge on any atom is -0.373 e. The standard InChI is InChI=1S/C26H25N7O/c1-16-21(8-10-24(30-16)32-11-4-12-32)33-25-19-13-17(18-6-9-23(27-2)29-14-18)5-7-20(19)28-15-22(25)31(3)26(33)34/h5-10,13-15H,4,11-12H2,1-3H3,(H,27,29). The molecule has 1 aliphatic heterocycles. The molecule has 0 atom stereocenters. The monoisotopic (exact) mass is 451 g/mol. The van der Waals surface area contributed by atoms with Gasteiger partial charge < -0.3 is 10.2 Å². The van der Waals surface area contributed by atoms with E-state index in [1.54, 1.807) is 22.4 Å². The molecular formula is C26H25N7O. The van der Waals surface area contributed by atoms with Crippen molar-refractivity contribution >= 4 is 33.6 Å². The summed E-state index contributed by atoms with van der Waals surface area (Å²) in [6, 6.07) is 14.1. The van der Waals surface area contributed by atoms with Gasteiger partial charge in [-0.05, 0) is 55.3 Å². The third-order valence-corrected chi connectivity index (χ3v) is 6.70. The van der Waals surface area contributed by atoms with Crippen LogP contribution in [0.4, 0.5) is 11.6 Å². The summed E-state index contributed by atoms with van der Waals surface area (Å²) in [5, 5.41) is 3.96. The topological polar surface area (TPSA) is 80.9 Å². The summed E-state index contributed by atoms with van der Waals surface area (Å²) in [5.74, 6) is 1.78. The van der Waals surface area contributed by atoms with Gasteiger partial charge in [-0.3, -0.25) is 14.1 Å². The Morgan fingerprint density at radius 1 is 0.971 bits per heavy atom. The normalized spacial score (nSPS) is 13.4. The molecule has 8 heteroatoms. The Hall–Kier alpha value is -4.20. The van der Waals surface area contributed by atoms with Gasteiger partial charge in [0.25, 0.3) is 0 Å². The number of rotatable bonds is 4. The van der Waals surface area contributed by atoms with Crippen molar-refractivity contribution in [1.82, 2.24) is 24.1 Å². The number of nitrogens with zero attached hydrogens (tertiary/aromatic N) is 6. The molecule has 170 valence electrons. The third-order valence-electron chi connectivity index (χ3n) is 6.70. The predicted molar refractivity (Wildman–Crippen MR) is 136 cm³/mol. The first-order chi connectivity index (χ1) is 16.5. The molecule has 0 radical (unpaired) electrons. The fraction of sp³-hybridized carbons (Fsp3) is 0.231. The summed E-state index contributed by atoms with van der Waals surface area (Å²) >= 11 is 0. The van der Waals surface area contributed by atoms with E-state index in [-0.39, 0.29) is 5.69 Å². The molecule has 0 unspecified atom stereocenters. The number of benzene rings is 1. The van der Waals surface area contributed by atoms with Gasteiger partial charge in [-0.1, -0.05) is 6.07 Å². The average Bonchev–Trinajstić information content (AvgIpc) is 3.08. The summed E-state index contributed by atoms with van der Waals surface area (Å²) < 4.78 is 3.42. The van der Waals surface area contributed by atoms with E-state index in [0.717, 1.165) is 69.2 Å². The molecule has 1 aromatic carbocycles. The van der Waals surface area contributed by atoms with Gasteiger partial charge in [-0.25, -0.2) is 14.8 Å². The maximum atomic E-state index is 13.4. The van der Waals surface area contributed by atoms with Crippen molar-refractivity contribution in [3.8, 4) is 16.8 Å². The Bertz CT molecular complexity index is 1610.